The van der Waals surface area contributed by atoms with Crippen LogP contribution < -0.4 is 5.32 Å². The van der Waals surface area contributed by atoms with Gasteiger partial charge in [0, 0.05) is 26.8 Å². The van der Waals surface area contributed by atoms with Crippen molar-refractivity contribution in [2.45, 2.75) is 9.28 Å². The molecule has 1 unspecified atom stereocenters. The molecule has 2 rings (SSSR count). The van der Waals surface area contributed by atoms with E-state index in [1.165, 1.54) is 12.1 Å². The van der Waals surface area contributed by atoms with E-state index >= 15 is 0 Å². The van der Waals surface area contributed by atoms with Gasteiger partial charge in [-0.05, 0) is 67.8 Å². The molecule has 0 spiro atoms. The second-order valence-electron chi connectivity index (χ2n) is 4.59. The van der Waals surface area contributed by atoms with E-state index in [9.17, 15) is 10.1 Å². The highest BCUT2D eigenvalue weighted by Gasteiger charge is 2.34. The van der Waals surface area contributed by atoms with Crippen molar-refractivity contribution < 1.29 is 4.92 Å². The summed E-state index contributed by atoms with van der Waals surface area (Å²) >= 11 is 22.5. The monoisotopic (exact) mass is 544 g/mol. The van der Waals surface area contributed by atoms with Gasteiger partial charge in [-0.2, -0.15) is 0 Å². The molecule has 0 saturated heterocycles. The van der Waals surface area contributed by atoms with E-state index in [2.05, 4.69) is 53.1 Å². The van der Waals surface area contributed by atoms with Crippen LogP contribution in [-0.4, -0.2) is 8.17 Å². The fourth-order valence-corrected chi connectivity index (χ4v) is 3.81. The third kappa shape index (κ3) is 5.06. The highest BCUT2D eigenvalue weighted by Crippen LogP contribution is 2.44. The summed E-state index contributed by atoms with van der Waals surface area (Å²) in [6.45, 7) is 0. The third-order valence-electron chi connectivity index (χ3n) is 3.00. The number of alkyl halides is 3. The number of nitro groups is 1. The van der Waals surface area contributed by atoms with Crippen molar-refractivity contribution in [2.24, 2.45) is 0 Å². The summed E-state index contributed by atoms with van der Waals surface area (Å²) in [4.78, 5) is 10.3. The Kier molecular flexibility index (Phi) is 6.35. The number of nitrogens with one attached hydrogen (secondary N) is 1. The van der Waals surface area contributed by atoms with Crippen molar-refractivity contribution in [3.8, 4) is 0 Å². The minimum absolute atomic E-state index is 0.00152. The molecule has 23 heavy (non-hydrogen) atoms. The Hall–Kier alpha value is -0.340. The van der Waals surface area contributed by atoms with Crippen molar-refractivity contribution in [1.29, 1.82) is 0 Å². The standard InChI is InChI=1S/C14H9Br3Cl2N2O2/c15-9-3-6-12(11(16)7-9)20-13(14(17,18)19)8-1-4-10(5-2-8)21(22)23/h1-7,13,20H. The van der Waals surface area contributed by atoms with Gasteiger partial charge in [0.15, 0.2) is 3.24 Å². The quantitative estimate of drug-likeness (QED) is 0.254. The molecule has 4 nitrogen and oxygen atoms in total. The van der Waals surface area contributed by atoms with Gasteiger partial charge in [0.25, 0.3) is 5.69 Å². The molecule has 2 aromatic rings. The molecule has 0 aliphatic carbocycles. The molecule has 0 aromatic heterocycles. The maximum Gasteiger partial charge on any atom is 0.269 e. The van der Waals surface area contributed by atoms with Crippen molar-refractivity contribution in [3.63, 3.8) is 0 Å². The Morgan fingerprint density at radius 2 is 1.74 bits per heavy atom. The number of benzene rings is 2. The van der Waals surface area contributed by atoms with E-state index in [-0.39, 0.29) is 5.69 Å². The number of hydrogen-bond acceptors (Lipinski definition) is 3. The first-order valence-corrected chi connectivity index (χ1v) is 9.34. The summed E-state index contributed by atoms with van der Waals surface area (Å²) < 4.78 is 0.433. The average Bonchev–Trinajstić information content (AvgIpc) is 2.45. The molecule has 9 heteroatoms. The minimum Gasteiger partial charge on any atom is -0.374 e. The Morgan fingerprint density at radius 3 is 2.22 bits per heavy atom. The molecule has 0 radical (unpaired) electrons. The fourth-order valence-electron chi connectivity index (χ4n) is 1.90. The van der Waals surface area contributed by atoms with Crippen LogP contribution in [0.3, 0.4) is 0 Å². The lowest BCUT2D eigenvalue weighted by Gasteiger charge is -2.28. The van der Waals surface area contributed by atoms with Gasteiger partial charge < -0.3 is 5.32 Å². The molecule has 122 valence electrons. The normalized spacial score (nSPS) is 12.7. The summed E-state index contributed by atoms with van der Waals surface area (Å²) in [6.07, 6.45) is 0. The summed E-state index contributed by atoms with van der Waals surface area (Å²) in [7, 11) is 0. The molecule has 0 aliphatic rings. The van der Waals surface area contributed by atoms with Gasteiger partial charge in [-0.15, -0.1) is 0 Å². The molecular weight excluding hydrogens is 539 g/mol. The average molecular weight is 548 g/mol. The number of nitro benzene ring substituents is 1. The molecule has 1 atom stereocenters. The summed E-state index contributed by atoms with van der Waals surface area (Å²) in [6, 6.07) is 11.1. The van der Waals surface area contributed by atoms with Crippen LogP contribution in [0.2, 0.25) is 0 Å². The number of anilines is 1. The SMILES string of the molecule is O=[N+]([O-])c1ccc(C(Nc2ccc(Br)cc2Br)C(Cl)(Cl)Br)cc1. The van der Waals surface area contributed by atoms with Crippen LogP contribution in [-0.2, 0) is 0 Å². The second-order valence-corrected chi connectivity index (χ2v) is 9.91. The minimum atomic E-state index is -1.31. The van der Waals surface area contributed by atoms with Crippen molar-refractivity contribution in [3.05, 3.63) is 67.1 Å². The lowest BCUT2D eigenvalue weighted by molar-refractivity contribution is -0.384. The Morgan fingerprint density at radius 1 is 1.13 bits per heavy atom. The number of hydrogen-bond donors (Lipinski definition) is 1. The largest absolute Gasteiger partial charge is 0.374 e. The van der Waals surface area contributed by atoms with E-state index in [4.69, 9.17) is 23.2 Å². The van der Waals surface area contributed by atoms with Crippen LogP contribution in [0.4, 0.5) is 11.4 Å². The molecule has 0 saturated carbocycles. The van der Waals surface area contributed by atoms with Crippen LogP contribution in [0, 0.1) is 10.1 Å². The summed E-state index contributed by atoms with van der Waals surface area (Å²) in [5.74, 6) is 0. The first kappa shape index (κ1) is 19.0. The molecule has 1 N–H and O–H groups in total. The lowest BCUT2D eigenvalue weighted by Crippen LogP contribution is -2.24. The summed E-state index contributed by atoms with van der Waals surface area (Å²) in [5, 5.41) is 14.0. The van der Waals surface area contributed by atoms with E-state index < -0.39 is 14.2 Å². The Balaban J connectivity index is 2.36. The van der Waals surface area contributed by atoms with Crippen molar-refractivity contribution in [2.75, 3.05) is 5.32 Å². The van der Waals surface area contributed by atoms with E-state index in [0.29, 0.717) is 5.56 Å². The Labute approximate surface area is 168 Å². The molecule has 0 amide bonds. The van der Waals surface area contributed by atoms with E-state index in [1.807, 2.05) is 18.2 Å². The summed E-state index contributed by atoms with van der Waals surface area (Å²) in [5.41, 5.74) is 1.48. The topological polar surface area (TPSA) is 55.2 Å². The number of rotatable bonds is 5. The highest BCUT2D eigenvalue weighted by molar-refractivity contribution is 9.11. The Bertz CT molecular complexity index is 721. The van der Waals surface area contributed by atoms with Gasteiger partial charge in [0.1, 0.15) is 0 Å². The lowest BCUT2D eigenvalue weighted by atomic mass is 10.1. The van der Waals surface area contributed by atoms with Crippen molar-refractivity contribution in [1.82, 2.24) is 0 Å². The van der Waals surface area contributed by atoms with Crippen LogP contribution in [0.1, 0.15) is 11.6 Å². The predicted molar refractivity (Wildman–Crippen MR) is 105 cm³/mol. The third-order valence-corrected chi connectivity index (χ3v) is 5.04. The van der Waals surface area contributed by atoms with Crippen molar-refractivity contribution >= 4 is 82.4 Å². The second kappa shape index (κ2) is 7.70. The maximum atomic E-state index is 10.8. The van der Waals surface area contributed by atoms with Crippen LogP contribution in [0.15, 0.2) is 51.4 Å². The number of nitrogens with zero attached hydrogens (tertiary/aromatic N) is 1. The smallest absolute Gasteiger partial charge is 0.269 e. The molecule has 0 aliphatic heterocycles. The predicted octanol–water partition coefficient (Wildman–Crippen LogP) is 6.80. The van der Waals surface area contributed by atoms with Gasteiger partial charge >= 0.3 is 0 Å². The molecular formula is C14H9Br3Cl2N2O2. The first-order valence-electron chi connectivity index (χ1n) is 6.21. The highest BCUT2D eigenvalue weighted by atomic mass is 79.9. The van der Waals surface area contributed by atoms with E-state index in [0.717, 1.165) is 14.6 Å². The number of non-ortho nitro benzene ring substituents is 1. The van der Waals surface area contributed by atoms with Gasteiger partial charge in [-0.3, -0.25) is 10.1 Å². The van der Waals surface area contributed by atoms with Gasteiger partial charge in [-0.1, -0.05) is 39.1 Å². The first-order chi connectivity index (χ1) is 10.7. The zero-order valence-electron chi connectivity index (χ0n) is 11.3. The molecule has 2 aromatic carbocycles. The fraction of sp³-hybridized carbons (Fsp3) is 0.143. The molecule has 0 heterocycles. The zero-order chi connectivity index (χ0) is 17.2. The van der Waals surface area contributed by atoms with Crippen LogP contribution in [0.5, 0.6) is 0 Å². The number of halogens is 5. The van der Waals surface area contributed by atoms with Crippen LogP contribution >= 0.6 is 71.0 Å². The van der Waals surface area contributed by atoms with Crippen LogP contribution in [0.25, 0.3) is 0 Å². The maximum absolute atomic E-state index is 10.8. The molecule has 0 bridgehead atoms. The van der Waals surface area contributed by atoms with Gasteiger partial charge in [-0.25, -0.2) is 0 Å². The zero-order valence-corrected chi connectivity index (χ0v) is 17.5. The molecule has 0 fully saturated rings. The van der Waals surface area contributed by atoms with E-state index in [1.54, 1.807) is 12.1 Å². The van der Waals surface area contributed by atoms with Gasteiger partial charge in [0.05, 0.1) is 11.0 Å². The van der Waals surface area contributed by atoms with Gasteiger partial charge in [0.2, 0.25) is 0 Å².